The number of nitrogens with two attached hydrogens (primary N) is 2. The molecule has 0 spiro atoms. The number of pyridine rings is 1. The van der Waals surface area contributed by atoms with E-state index in [1.54, 1.807) is 6.07 Å². The molecule has 1 amide bonds. The number of rotatable bonds is 3. The van der Waals surface area contributed by atoms with Crippen LogP contribution in [-0.4, -0.2) is 24.0 Å². The minimum atomic E-state index is -0.496. The molecule has 21 heavy (non-hydrogen) atoms. The first kappa shape index (κ1) is 14.3. The molecule has 1 heterocycles. The van der Waals surface area contributed by atoms with Crippen LogP contribution in [0.15, 0.2) is 36.5 Å². The number of amides is 1. The molecule has 108 valence electrons. The number of hydrogen-bond donors (Lipinski definition) is 3. The zero-order chi connectivity index (χ0) is 15.4. The van der Waals surface area contributed by atoms with E-state index in [4.69, 9.17) is 11.5 Å². The highest BCUT2D eigenvalue weighted by Gasteiger charge is 2.10. The van der Waals surface area contributed by atoms with Gasteiger partial charge in [0.1, 0.15) is 5.82 Å². The van der Waals surface area contributed by atoms with Crippen molar-refractivity contribution in [3.63, 3.8) is 0 Å². The van der Waals surface area contributed by atoms with E-state index in [0.29, 0.717) is 28.3 Å². The standard InChI is InChI=1S/C14H14N4O3/c1-21-14(20)8-2-3-12(17-7-8)18-13(19)9-4-10(15)6-11(16)5-9/h2-7H,15-16H2,1H3,(H,17,18,19). The van der Waals surface area contributed by atoms with Gasteiger partial charge in [-0.25, -0.2) is 9.78 Å². The minimum absolute atomic E-state index is 0.295. The molecule has 0 aliphatic heterocycles. The average Bonchev–Trinajstić information content (AvgIpc) is 2.46. The molecule has 0 atom stereocenters. The van der Waals surface area contributed by atoms with Crippen molar-refractivity contribution in [2.75, 3.05) is 23.9 Å². The van der Waals surface area contributed by atoms with Crippen molar-refractivity contribution in [3.05, 3.63) is 47.7 Å². The molecular formula is C14H14N4O3. The molecule has 0 radical (unpaired) electrons. The molecule has 0 saturated heterocycles. The third-order valence-corrected chi connectivity index (χ3v) is 2.67. The monoisotopic (exact) mass is 286 g/mol. The summed E-state index contributed by atoms with van der Waals surface area (Å²) in [6.45, 7) is 0. The van der Waals surface area contributed by atoms with Crippen molar-refractivity contribution in [2.45, 2.75) is 0 Å². The summed E-state index contributed by atoms with van der Waals surface area (Å²) in [5, 5.41) is 2.58. The third-order valence-electron chi connectivity index (χ3n) is 2.67. The van der Waals surface area contributed by atoms with E-state index in [1.165, 1.54) is 37.6 Å². The number of carbonyl (C=O) groups is 2. The molecule has 5 N–H and O–H groups in total. The van der Waals surface area contributed by atoms with Crippen LogP contribution in [0.25, 0.3) is 0 Å². The third kappa shape index (κ3) is 3.47. The molecule has 7 nitrogen and oxygen atoms in total. The number of methoxy groups -OCH3 is 1. The van der Waals surface area contributed by atoms with Crippen molar-refractivity contribution < 1.29 is 14.3 Å². The molecule has 1 aromatic heterocycles. The number of aromatic nitrogens is 1. The summed E-state index contributed by atoms with van der Waals surface area (Å²) < 4.78 is 4.56. The second-order valence-corrected chi connectivity index (χ2v) is 4.27. The van der Waals surface area contributed by atoms with E-state index in [9.17, 15) is 9.59 Å². The predicted molar refractivity (Wildman–Crippen MR) is 78.8 cm³/mol. The molecule has 2 rings (SSSR count). The van der Waals surface area contributed by atoms with Crippen molar-refractivity contribution in [3.8, 4) is 0 Å². The maximum absolute atomic E-state index is 12.0. The van der Waals surface area contributed by atoms with Crippen molar-refractivity contribution in [1.82, 2.24) is 4.98 Å². The molecule has 2 aromatic rings. The Morgan fingerprint density at radius 2 is 1.76 bits per heavy atom. The van der Waals surface area contributed by atoms with Gasteiger partial charge in [0.15, 0.2) is 0 Å². The average molecular weight is 286 g/mol. The Morgan fingerprint density at radius 3 is 2.29 bits per heavy atom. The van der Waals surface area contributed by atoms with Crippen LogP contribution >= 0.6 is 0 Å². The number of esters is 1. The first-order chi connectivity index (χ1) is 9.99. The highest BCUT2D eigenvalue weighted by Crippen LogP contribution is 2.15. The van der Waals surface area contributed by atoms with Crippen LogP contribution in [0.2, 0.25) is 0 Å². The van der Waals surface area contributed by atoms with Gasteiger partial charge < -0.3 is 21.5 Å². The van der Waals surface area contributed by atoms with Crippen molar-refractivity contribution in [2.24, 2.45) is 0 Å². The van der Waals surface area contributed by atoms with Crippen molar-refractivity contribution >= 4 is 29.1 Å². The fourth-order valence-electron chi connectivity index (χ4n) is 1.70. The Labute approximate surface area is 120 Å². The van der Waals surface area contributed by atoms with Gasteiger partial charge in [-0.2, -0.15) is 0 Å². The normalized spacial score (nSPS) is 9.95. The van der Waals surface area contributed by atoms with Gasteiger partial charge >= 0.3 is 5.97 Å². The van der Waals surface area contributed by atoms with Crippen molar-refractivity contribution in [1.29, 1.82) is 0 Å². The quantitative estimate of drug-likeness (QED) is 0.577. The van der Waals surface area contributed by atoms with Crippen LogP contribution in [0.3, 0.4) is 0 Å². The number of anilines is 3. The minimum Gasteiger partial charge on any atom is -0.465 e. The lowest BCUT2D eigenvalue weighted by Crippen LogP contribution is -2.14. The largest absolute Gasteiger partial charge is 0.465 e. The molecule has 0 aliphatic rings. The number of benzene rings is 1. The second kappa shape index (κ2) is 5.91. The zero-order valence-corrected chi connectivity index (χ0v) is 11.3. The van der Waals surface area contributed by atoms with Gasteiger partial charge in [0.25, 0.3) is 5.91 Å². The van der Waals surface area contributed by atoms with Crippen LogP contribution in [0.1, 0.15) is 20.7 Å². The first-order valence-corrected chi connectivity index (χ1v) is 6.01. The fraction of sp³-hybridized carbons (Fsp3) is 0.0714. The Kier molecular flexibility index (Phi) is 4.03. The van der Waals surface area contributed by atoms with Gasteiger partial charge in [-0.1, -0.05) is 0 Å². The number of nitrogen functional groups attached to an aromatic ring is 2. The Bertz CT molecular complexity index is 663. The van der Waals surface area contributed by atoms with E-state index in [1.807, 2.05) is 0 Å². The first-order valence-electron chi connectivity index (χ1n) is 6.01. The summed E-state index contributed by atoms with van der Waals surface area (Å²) in [5.74, 6) is -0.593. The summed E-state index contributed by atoms with van der Waals surface area (Å²) in [5.41, 5.74) is 12.7. The summed E-state index contributed by atoms with van der Waals surface area (Å²) in [6, 6.07) is 7.57. The molecule has 0 aliphatic carbocycles. The number of nitrogens with one attached hydrogen (secondary N) is 1. The SMILES string of the molecule is COC(=O)c1ccc(NC(=O)c2cc(N)cc(N)c2)nc1. The molecule has 1 aromatic carbocycles. The van der Waals surface area contributed by atoms with Crippen LogP contribution in [-0.2, 0) is 4.74 Å². The van der Waals surface area contributed by atoms with E-state index in [2.05, 4.69) is 15.0 Å². The summed E-state index contributed by atoms with van der Waals surface area (Å²) in [6.07, 6.45) is 1.31. The molecule has 7 heteroatoms. The van der Waals surface area contributed by atoms with Gasteiger partial charge in [0.05, 0.1) is 12.7 Å². The molecule has 0 unspecified atom stereocenters. The summed E-state index contributed by atoms with van der Waals surface area (Å²) in [4.78, 5) is 27.3. The molecule has 0 fully saturated rings. The van der Waals surface area contributed by atoms with Crippen LogP contribution in [0.5, 0.6) is 0 Å². The van der Waals surface area contributed by atoms with Crippen LogP contribution < -0.4 is 16.8 Å². The van der Waals surface area contributed by atoms with Crippen LogP contribution in [0, 0.1) is 0 Å². The topological polar surface area (TPSA) is 120 Å². The second-order valence-electron chi connectivity index (χ2n) is 4.27. The number of hydrogen-bond acceptors (Lipinski definition) is 6. The van der Waals surface area contributed by atoms with Gasteiger partial charge in [0.2, 0.25) is 0 Å². The number of carbonyl (C=O) groups excluding carboxylic acids is 2. The van der Waals surface area contributed by atoms with Gasteiger partial charge in [0, 0.05) is 23.1 Å². The van der Waals surface area contributed by atoms with E-state index in [0.717, 1.165) is 0 Å². The lowest BCUT2D eigenvalue weighted by atomic mass is 10.1. The predicted octanol–water partition coefficient (Wildman–Crippen LogP) is 1.28. The molecule has 0 saturated carbocycles. The maximum atomic E-state index is 12.0. The Balaban J connectivity index is 2.14. The highest BCUT2D eigenvalue weighted by atomic mass is 16.5. The van der Waals surface area contributed by atoms with E-state index in [-0.39, 0.29) is 0 Å². The lowest BCUT2D eigenvalue weighted by Gasteiger charge is -2.07. The van der Waals surface area contributed by atoms with Gasteiger partial charge in [-0.3, -0.25) is 4.79 Å². The van der Waals surface area contributed by atoms with E-state index < -0.39 is 11.9 Å². The fourth-order valence-corrected chi connectivity index (χ4v) is 1.70. The Morgan fingerprint density at radius 1 is 1.10 bits per heavy atom. The molecular weight excluding hydrogens is 272 g/mol. The number of ether oxygens (including phenoxy) is 1. The summed E-state index contributed by atoms with van der Waals surface area (Å²) in [7, 11) is 1.28. The number of nitrogens with zero attached hydrogens (tertiary/aromatic N) is 1. The Hall–Kier alpha value is -3.09. The lowest BCUT2D eigenvalue weighted by molar-refractivity contribution is 0.0600. The molecule has 0 bridgehead atoms. The smallest absolute Gasteiger partial charge is 0.339 e. The maximum Gasteiger partial charge on any atom is 0.339 e. The van der Waals surface area contributed by atoms with Crippen LogP contribution in [0.4, 0.5) is 17.2 Å². The van der Waals surface area contributed by atoms with E-state index >= 15 is 0 Å². The highest BCUT2D eigenvalue weighted by molar-refractivity contribution is 6.05. The zero-order valence-electron chi connectivity index (χ0n) is 11.3. The van der Waals surface area contributed by atoms with Gasteiger partial charge in [-0.05, 0) is 30.3 Å². The van der Waals surface area contributed by atoms with Gasteiger partial charge in [-0.15, -0.1) is 0 Å². The summed E-state index contributed by atoms with van der Waals surface area (Å²) >= 11 is 0.